The molecule has 1 fully saturated rings. The van der Waals surface area contributed by atoms with Crippen molar-refractivity contribution in [3.8, 4) is 5.75 Å². The molecule has 0 spiro atoms. The summed E-state index contributed by atoms with van der Waals surface area (Å²) >= 11 is 0. The van der Waals surface area contributed by atoms with Crippen LogP contribution in [0.25, 0.3) is 0 Å². The summed E-state index contributed by atoms with van der Waals surface area (Å²) in [6.45, 7) is 1.90. The number of carbonyl (C=O) groups is 1. The van der Waals surface area contributed by atoms with Crippen molar-refractivity contribution in [3.63, 3.8) is 0 Å². The number of carbonyl (C=O) groups excluding carboxylic acids is 1. The Balaban J connectivity index is 1.70. The fourth-order valence-electron chi connectivity index (χ4n) is 3.34. The predicted molar refractivity (Wildman–Crippen MR) is 77.8 cm³/mol. The van der Waals surface area contributed by atoms with E-state index in [1.54, 1.807) is 7.11 Å². The van der Waals surface area contributed by atoms with Gasteiger partial charge in [0.15, 0.2) is 0 Å². The average Bonchev–Trinajstić information content (AvgIpc) is 2.91. The van der Waals surface area contributed by atoms with Crippen LogP contribution in [0.15, 0.2) is 18.2 Å². The molecular weight excluding hydrogens is 252 g/mol. The number of ether oxygens (including phenoxy) is 1. The third-order valence-electron chi connectivity index (χ3n) is 4.47. The summed E-state index contributed by atoms with van der Waals surface area (Å²) in [7, 11) is 1.70. The van der Waals surface area contributed by atoms with Gasteiger partial charge in [0.1, 0.15) is 5.75 Å². The largest absolute Gasteiger partial charge is 0.496 e. The zero-order chi connectivity index (χ0) is 13.9. The van der Waals surface area contributed by atoms with Crippen LogP contribution in [0.5, 0.6) is 5.75 Å². The van der Waals surface area contributed by atoms with Crippen molar-refractivity contribution in [1.82, 2.24) is 10.6 Å². The average molecular weight is 274 g/mol. The molecule has 1 aliphatic heterocycles. The monoisotopic (exact) mass is 274 g/mol. The van der Waals surface area contributed by atoms with E-state index < -0.39 is 0 Å². The van der Waals surface area contributed by atoms with Crippen LogP contribution in [0.3, 0.4) is 0 Å². The molecular formula is C16H22N2O2. The summed E-state index contributed by atoms with van der Waals surface area (Å²) in [5.41, 5.74) is 2.48. The van der Waals surface area contributed by atoms with E-state index in [1.807, 2.05) is 12.1 Å². The molecule has 1 atom stereocenters. The Morgan fingerprint density at radius 2 is 2.10 bits per heavy atom. The van der Waals surface area contributed by atoms with Gasteiger partial charge in [-0.25, -0.2) is 0 Å². The molecule has 3 rings (SSSR count). The standard InChI is InChI=1S/C16H22N2O2/c1-20-15-4-2-3-12-13(15)5-6-14(12)18-16(19)11-7-9-17-10-8-11/h2-4,11,14,17H,5-10H2,1H3,(H,18,19). The fourth-order valence-corrected chi connectivity index (χ4v) is 3.34. The molecule has 0 bridgehead atoms. The third kappa shape index (κ3) is 2.52. The van der Waals surface area contributed by atoms with Crippen molar-refractivity contribution in [2.24, 2.45) is 5.92 Å². The molecule has 2 N–H and O–H groups in total. The first kappa shape index (κ1) is 13.4. The number of hydrogen-bond acceptors (Lipinski definition) is 3. The van der Waals surface area contributed by atoms with Crippen LogP contribution in [0.1, 0.15) is 36.4 Å². The minimum atomic E-state index is 0.155. The fraction of sp³-hybridized carbons (Fsp3) is 0.562. The molecule has 1 aromatic carbocycles. The molecule has 20 heavy (non-hydrogen) atoms. The second-order valence-electron chi connectivity index (χ2n) is 5.65. The molecule has 1 saturated heterocycles. The zero-order valence-corrected chi connectivity index (χ0v) is 11.9. The molecule has 4 nitrogen and oxygen atoms in total. The van der Waals surface area contributed by atoms with Gasteiger partial charge < -0.3 is 15.4 Å². The molecule has 1 heterocycles. The maximum atomic E-state index is 12.3. The lowest BCUT2D eigenvalue weighted by molar-refractivity contribution is -0.126. The third-order valence-corrected chi connectivity index (χ3v) is 4.47. The normalized spacial score (nSPS) is 22.4. The number of fused-ring (bicyclic) bond motifs is 1. The summed E-state index contributed by atoms with van der Waals surface area (Å²) in [4.78, 5) is 12.3. The van der Waals surface area contributed by atoms with Gasteiger partial charge in [-0.1, -0.05) is 12.1 Å². The quantitative estimate of drug-likeness (QED) is 0.883. The van der Waals surface area contributed by atoms with Crippen molar-refractivity contribution in [3.05, 3.63) is 29.3 Å². The van der Waals surface area contributed by atoms with Crippen LogP contribution in [0.4, 0.5) is 0 Å². The molecule has 0 aromatic heterocycles. The molecule has 1 aromatic rings. The minimum absolute atomic E-state index is 0.155. The lowest BCUT2D eigenvalue weighted by Crippen LogP contribution is -2.39. The van der Waals surface area contributed by atoms with Crippen molar-refractivity contribution in [2.45, 2.75) is 31.7 Å². The van der Waals surface area contributed by atoms with Gasteiger partial charge in [0.25, 0.3) is 0 Å². The van der Waals surface area contributed by atoms with E-state index in [4.69, 9.17) is 4.74 Å². The Hall–Kier alpha value is -1.55. The van der Waals surface area contributed by atoms with Gasteiger partial charge in [0.05, 0.1) is 13.2 Å². The van der Waals surface area contributed by atoms with E-state index in [9.17, 15) is 4.79 Å². The Labute approximate surface area is 119 Å². The molecule has 1 aliphatic carbocycles. The van der Waals surface area contributed by atoms with Crippen LogP contribution in [-0.4, -0.2) is 26.1 Å². The second kappa shape index (κ2) is 5.83. The highest BCUT2D eigenvalue weighted by Crippen LogP contribution is 2.37. The Kier molecular flexibility index (Phi) is 3.92. The first-order valence-corrected chi connectivity index (χ1v) is 7.46. The maximum Gasteiger partial charge on any atom is 0.223 e. The predicted octanol–water partition coefficient (Wildman–Crippen LogP) is 1.80. The van der Waals surface area contributed by atoms with E-state index >= 15 is 0 Å². The van der Waals surface area contributed by atoms with E-state index in [0.717, 1.165) is 44.5 Å². The number of hydrogen-bond donors (Lipinski definition) is 2. The van der Waals surface area contributed by atoms with Gasteiger partial charge in [-0.15, -0.1) is 0 Å². The first-order valence-electron chi connectivity index (χ1n) is 7.46. The van der Waals surface area contributed by atoms with Gasteiger partial charge in [-0.2, -0.15) is 0 Å². The van der Waals surface area contributed by atoms with E-state index in [1.165, 1.54) is 11.1 Å². The zero-order valence-electron chi connectivity index (χ0n) is 11.9. The van der Waals surface area contributed by atoms with Crippen molar-refractivity contribution in [1.29, 1.82) is 0 Å². The highest BCUT2D eigenvalue weighted by atomic mass is 16.5. The molecule has 0 saturated carbocycles. The van der Waals surface area contributed by atoms with Gasteiger partial charge in [0.2, 0.25) is 5.91 Å². The van der Waals surface area contributed by atoms with Crippen molar-refractivity contribution >= 4 is 5.91 Å². The minimum Gasteiger partial charge on any atom is -0.496 e. The highest BCUT2D eigenvalue weighted by Gasteiger charge is 2.29. The molecule has 2 aliphatic rings. The summed E-state index contributed by atoms with van der Waals surface area (Å²) in [5.74, 6) is 1.33. The van der Waals surface area contributed by atoms with Crippen LogP contribution in [0, 0.1) is 5.92 Å². The Bertz CT molecular complexity index is 495. The Morgan fingerprint density at radius 3 is 2.85 bits per heavy atom. The van der Waals surface area contributed by atoms with E-state index in [0.29, 0.717) is 0 Å². The number of nitrogens with one attached hydrogen (secondary N) is 2. The maximum absolute atomic E-state index is 12.3. The van der Waals surface area contributed by atoms with Gasteiger partial charge in [-0.05, 0) is 56.0 Å². The summed E-state index contributed by atoms with van der Waals surface area (Å²) in [5, 5.41) is 6.53. The van der Waals surface area contributed by atoms with Gasteiger partial charge >= 0.3 is 0 Å². The van der Waals surface area contributed by atoms with E-state index in [2.05, 4.69) is 16.7 Å². The van der Waals surface area contributed by atoms with Gasteiger partial charge in [-0.3, -0.25) is 4.79 Å². The molecule has 4 heteroatoms. The smallest absolute Gasteiger partial charge is 0.223 e. The Morgan fingerprint density at radius 1 is 1.30 bits per heavy atom. The number of benzene rings is 1. The molecule has 108 valence electrons. The number of piperidine rings is 1. The summed E-state index contributed by atoms with van der Waals surface area (Å²) < 4.78 is 5.41. The van der Waals surface area contributed by atoms with E-state index in [-0.39, 0.29) is 17.9 Å². The first-order chi connectivity index (χ1) is 9.79. The molecule has 1 amide bonds. The second-order valence-corrected chi connectivity index (χ2v) is 5.65. The van der Waals surface area contributed by atoms with Crippen LogP contribution >= 0.6 is 0 Å². The summed E-state index contributed by atoms with van der Waals surface area (Å²) in [6.07, 6.45) is 3.86. The van der Waals surface area contributed by atoms with Crippen LogP contribution < -0.4 is 15.4 Å². The van der Waals surface area contributed by atoms with Gasteiger partial charge in [0, 0.05) is 5.92 Å². The summed E-state index contributed by atoms with van der Waals surface area (Å²) in [6, 6.07) is 6.27. The lowest BCUT2D eigenvalue weighted by atomic mass is 9.96. The SMILES string of the molecule is COc1cccc2c1CCC2NC(=O)C1CCNCC1. The molecule has 1 unspecified atom stereocenters. The lowest BCUT2D eigenvalue weighted by Gasteiger charge is -2.24. The highest BCUT2D eigenvalue weighted by molar-refractivity contribution is 5.79. The van der Waals surface area contributed by atoms with Crippen LogP contribution in [0.2, 0.25) is 0 Å². The van der Waals surface area contributed by atoms with Crippen molar-refractivity contribution < 1.29 is 9.53 Å². The number of rotatable bonds is 3. The number of amides is 1. The van der Waals surface area contributed by atoms with Crippen LogP contribution in [-0.2, 0) is 11.2 Å². The molecule has 0 radical (unpaired) electrons. The topological polar surface area (TPSA) is 50.4 Å². The number of methoxy groups -OCH3 is 1. The van der Waals surface area contributed by atoms with Crippen molar-refractivity contribution in [2.75, 3.05) is 20.2 Å².